The summed E-state index contributed by atoms with van der Waals surface area (Å²) in [6, 6.07) is 9.30. The van der Waals surface area contributed by atoms with Crippen LogP contribution in [0, 0.1) is 0 Å². The number of benzene rings is 2. The van der Waals surface area contributed by atoms with Crippen LogP contribution in [0.5, 0.6) is 5.75 Å². The Bertz CT molecular complexity index is 466. The van der Waals surface area contributed by atoms with E-state index < -0.39 is 0 Å². The molecular weight excluding hydrogens is 296 g/mol. The molecule has 0 amide bonds. The monoisotopic (exact) mass is 300 g/mol. The molecular formula is C10H6Br2O. The zero-order valence-corrected chi connectivity index (χ0v) is 9.76. The molecule has 0 unspecified atom stereocenters. The topological polar surface area (TPSA) is 20.2 Å². The number of fused-ring (bicyclic) bond motifs is 1. The zero-order valence-electron chi connectivity index (χ0n) is 6.59. The van der Waals surface area contributed by atoms with Crippen LogP contribution >= 0.6 is 31.9 Å². The first-order valence-corrected chi connectivity index (χ1v) is 5.33. The molecule has 0 fully saturated rings. The maximum Gasteiger partial charge on any atom is 0.116 e. The first-order valence-electron chi connectivity index (χ1n) is 3.74. The molecule has 0 aliphatic heterocycles. The Kier molecular flexibility index (Phi) is 2.30. The van der Waals surface area contributed by atoms with Crippen LogP contribution in [-0.4, -0.2) is 5.11 Å². The van der Waals surface area contributed by atoms with Gasteiger partial charge in [-0.05, 0) is 66.9 Å². The van der Waals surface area contributed by atoms with E-state index in [9.17, 15) is 5.11 Å². The predicted molar refractivity (Wildman–Crippen MR) is 61.0 cm³/mol. The highest BCUT2D eigenvalue weighted by Gasteiger charge is 2.00. The first-order chi connectivity index (χ1) is 6.16. The third-order valence-corrected chi connectivity index (χ3v) is 3.71. The van der Waals surface area contributed by atoms with E-state index in [4.69, 9.17) is 0 Å². The van der Waals surface area contributed by atoms with Gasteiger partial charge in [-0.2, -0.15) is 0 Å². The molecule has 3 heteroatoms. The van der Waals surface area contributed by atoms with Gasteiger partial charge in [-0.3, -0.25) is 0 Å². The average molecular weight is 302 g/mol. The lowest BCUT2D eigenvalue weighted by molar-refractivity contribution is 0.476. The van der Waals surface area contributed by atoms with Crippen LogP contribution in [0.2, 0.25) is 0 Å². The Morgan fingerprint density at radius 3 is 2.15 bits per heavy atom. The van der Waals surface area contributed by atoms with Gasteiger partial charge in [-0.25, -0.2) is 0 Å². The molecule has 1 nitrogen and oxygen atoms in total. The quantitative estimate of drug-likeness (QED) is 0.778. The molecule has 0 saturated heterocycles. The lowest BCUT2D eigenvalue weighted by atomic mass is 10.1. The first kappa shape index (κ1) is 9.03. The molecule has 0 atom stereocenters. The van der Waals surface area contributed by atoms with Gasteiger partial charge in [0.15, 0.2) is 0 Å². The Hall–Kier alpha value is -0.540. The molecule has 1 N–H and O–H groups in total. The SMILES string of the molecule is Oc1ccc2cc(Br)c(Br)cc2c1. The van der Waals surface area contributed by atoms with Crippen molar-refractivity contribution >= 4 is 42.6 Å². The van der Waals surface area contributed by atoms with E-state index in [0.717, 1.165) is 19.7 Å². The van der Waals surface area contributed by atoms with E-state index in [1.807, 2.05) is 18.2 Å². The number of rotatable bonds is 0. The Balaban J connectivity index is 2.81. The van der Waals surface area contributed by atoms with Gasteiger partial charge < -0.3 is 5.11 Å². The van der Waals surface area contributed by atoms with Crippen LogP contribution < -0.4 is 0 Å². The largest absolute Gasteiger partial charge is 0.508 e. The van der Waals surface area contributed by atoms with Crippen molar-refractivity contribution in [2.75, 3.05) is 0 Å². The molecule has 0 bridgehead atoms. The molecule has 66 valence electrons. The summed E-state index contributed by atoms with van der Waals surface area (Å²) in [5, 5.41) is 11.4. The van der Waals surface area contributed by atoms with Gasteiger partial charge in [0.1, 0.15) is 5.75 Å². The Morgan fingerprint density at radius 2 is 1.46 bits per heavy atom. The van der Waals surface area contributed by atoms with E-state index in [0.29, 0.717) is 5.75 Å². The lowest BCUT2D eigenvalue weighted by Crippen LogP contribution is -1.74. The molecule has 0 spiro atoms. The van der Waals surface area contributed by atoms with Crippen molar-refractivity contribution in [2.24, 2.45) is 0 Å². The normalized spacial score (nSPS) is 10.6. The summed E-state index contributed by atoms with van der Waals surface area (Å²) in [4.78, 5) is 0. The van der Waals surface area contributed by atoms with Crippen LogP contribution in [0.3, 0.4) is 0 Å². The number of phenols is 1. The van der Waals surface area contributed by atoms with Crippen LogP contribution in [0.1, 0.15) is 0 Å². The van der Waals surface area contributed by atoms with E-state index in [1.165, 1.54) is 0 Å². The van der Waals surface area contributed by atoms with Crippen molar-refractivity contribution in [1.82, 2.24) is 0 Å². The third-order valence-electron chi connectivity index (χ3n) is 1.86. The zero-order chi connectivity index (χ0) is 9.42. The van der Waals surface area contributed by atoms with E-state index in [-0.39, 0.29) is 0 Å². The van der Waals surface area contributed by atoms with Crippen LogP contribution in [0.25, 0.3) is 10.8 Å². The highest BCUT2D eigenvalue weighted by molar-refractivity contribution is 9.13. The molecule has 0 aliphatic carbocycles. The van der Waals surface area contributed by atoms with E-state index >= 15 is 0 Å². The van der Waals surface area contributed by atoms with E-state index in [2.05, 4.69) is 31.9 Å². The molecule has 2 aromatic rings. The summed E-state index contributed by atoms with van der Waals surface area (Å²) < 4.78 is 2.01. The molecule has 2 rings (SSSR count). The van der Waals surface area contributed by atoms with Crippen molar-refractivity contribution in [2.45, 2.75) is 0 Å². The molecule has 0 radical (unpaired) electrons. The number of aromatic hydroxyl groups is 1. The fourth-order valence-electron chi connectivity index (χ4n) is 1.23. The minimum atomic E-state index is 0.293. The van der Waals surface area contributed by atoms with Gasteiger partial charge in [0, 0.05) is 8.95 Å². The maximum atomic E-state index is 9.26. The van der Waals surface area contributed by atoms with Crippen LogP contribution in [0.15, 0.2) is 39.3 Å². The van der Waals surface area contributed by atoms with Gasteiger partial charge in [0.2, 0.25) is 0 Å². The molecule has 0 heterocycles. The van der Waals surface area contributed by atoms with Gasteiger partial charge >= 0.3 is 0 Å². The van der Waals surface area contributed by atoms with Gasteiger partial charge in [0.05, 0.1) is 0 Å². The van der Waals surface area contributed by atoms with E-state index in [1.54, 1.807) is 12.1 Å². The highest BCUT2D eigenvalue weighted by atomic mass is 79.9. The summed E-state index contributed by atoms with van der Waals surface area (Å²) in [5.41, 5.74) is 0. The van der Waals surface area contributed by atoms with Crippen molar-refractivity contribution in [3.05, 3.63) is 39.3 Å². The lowest BCUT2D eigenvalue weighted by Gasteiger charge is -2.01. The molecule has 2 aromatic carbocycles. The fourth-order valence-corrected chi connectivity index (χ4v) is 1.95. The predicted octanol–water partition coefficient (Wildman–Crippen LogP) is 4.07. The fraction of sp³-hybridized carbons (Fsp3) is 0. The number of phenolic OH excluding ortho intramolecular Hbond substituents is 1. The maximum absolute atomic E-state index is 9.26. The molecule has 13 heavy (non-hydrogen) atoms. The second-order valence-electron chi connectivity index (χ2n) is 2.80. The summed E-state index contributed by atoms with van der Waals surface area (Å²) in [6.45, 7) is 0. The summed E-state index contributed by atoms with van der Waals surface area (Å²) >= 11 is 6.84. The summed E-state index contributed by atoms with van der Waals surface area (Å²) in [5.74, 6) is 0.293. The van der Waals surface area contributed by atoms with Gasteiger partial charge in [-0.15, -0.1) is 0 Å². The van der Waals surface area contributed by atoms with Crippen molar-refractivity contribution in [3.8, 4) is 5.75 Å². The van der Waals surface area contributed by atoms with Crippen LogP contribution in [-0.2, 0) is 0 Å². The molecule has 0 aromatic heterocycles. The second-order valence-corrected chi connectivity index (χ2v) is 4.51. The number of hydrogen-bond donors (Lipinski definition) is 1. The van der Waals surface area contributed by atoms with Crippen molar-refractivity contribution in [1.29, 1.82) is 0 Å². The van der Waals surface area contributed by atoms with Gasteiger partial charge in [0.25, 0.3) is 0 Å². The molecule has 0 saturated carbocycles. The minimum absolute atomic E-state index is 0.293. The summed E-state index contributed by atoms with van der Waals surface area (Å²) in [6.07, 6.45) is 0. The van der Waals surface area contributed by atoms with Crippen LogP contribution in [0.4, 0.5) is 0 Å². The summed E-state index contributed by atoms with van der Waals surface area (Å²) in [7, 11) is 0. The third kappa shape index (κ3) is 1.71. The number of halogens is 2. The highest BCUT2D eigenvalue weighted by Crippen LogP contribution is 2.30. The standard InChI is InChI=1S/C10H6Br2O/c11-9-4-6-1-2-8(13)3-7(6)5-10(9)12/h1-5,13H. The van der Waals surface area contributed by atoms with Crippen molar-refractivity contribution < 1.29 is 5.11 Å². The minimum Gasteiger partial charge on any atom is -0.508 e. The smallest absolute Gasteiger partial charge is 0.116 e. The van der Waals surface area contributed by atoms with Crippen molar-refractivity contribution in [3.63, 3.8) is 0 Å². The van der Waals surface area contributed by atoms with Gasteiger partial charge in [-0.1, -0.05) is 6.07 Å². The Labute approximate surface area is 92.6 Å². The number of hydrogen-bond acceptors (Lipinski definition) is 1. The molecule has 0 aliphatic rings. The Morgan fingerprint density at radius 1 is 0.846 bits per heavy atom. The average Bonchev–Trinajstić information content (AvgIpc) is 2.08. The second kappa shape index (κ2) is 3.31.